The molecule has 0 spiro atoms. The van der Waals surface area contributed by atoms with Crippen LogP contribution in [0, 0.1) is 0 Å². The predicted molar refractivity (Wildman–Crippen MR) is 89.4 cm³/mol. The molecule has 2 rings (SSSR count). The lowest BCUT2D eigenvalue weighted by Gasteiger charge is -2.14. The average molecular weight is 348 g/mol. The van der Waals surface area contributed by atoms with Crippen molar-refractivity contribution >= 4 is 17.8 Å². The highest BCUT2D eigenvalue weighted by Crippen LogP contribution is 2.30. The minimum absolute atomic E-state index is 0.00408. The maximum atomic E-state index is 12.2. The number of phenolic OH excluding ortho intramolecular Hbond substituents is 1. The zero-order valence-electron chi connectivity index (χ0n) is 13.7. The number of hydrogen-bond acceptors (Lipinski definition) is 7. The highest BCUT2D eigenvalue weighted by Gasteiger charge is 2.22. The van der Waals surface area contributed by atoms with Crippen molar-refractivity contribution in [1.29, 1.82) is 0 Å². The second-order valence-corrected chi connectivity index (χ2v) is 5.49. The van der Waals surface area contributed by atoms with E-state index in [2.05, 4.69) is 0 Å². The summed E-state index contributed by atoms with van der Waals surface area (Å²) < 4.78 is 10.2. The van der Waals surface area contributed by atoms with Gasteiger partial charge in [-0.25, -0.2) is 4.79 Å². The Morgan fingerprint density at radius 2 is 1.92 bits per heavy atom. The number of methoxy groups -OCH3 is 1. The van der Waals surface area contributed by atoms with Crippen LogP contribution in [0.3, 0.4) is 0 Å². The van der Waals surface area contributed by atoms with Crippen LogP contribution in [0.5, 0.6) is 11.5 Å². The monoisotopic (exact) mass is 348 g/mol. The van der Waals surface area contributed by atoms with Crippen LogP contribution in [0.4, 0.5) is 0 Å². The third-order valence-electron chi connectivity index (χ3n) is 3.69. The topological polar surface area (TPSA) is 113 Å². The molecule has 1 aromatic rings. The molecule has 1 aliphatic rings. The summed E-state index contributed by atoms with van der Waals surface area (Å²) in [5, 5.41) is 29.8. The molecule has 0 saturated heterocycles. The number of aromatic hydroxyl groups is 1. The minimum atomic E-state index is -1.54. The van der Waals surface area contributed by atoms with Crippen molar-refractivity contribution in [3.05, 3.63) is 41.5 Å². The third kappa shape index (κ3) is 4.68. The summed E-state index contributed by atoms with van der Waals surface area (Å²) in [5.74, 6) is -1.28. The molecule has 0 aromatic heterocycles. The van der Waals surface area contributed by atoms with Crippen LogP contribution >= 0.6 is 0 Å². The van der Waals surface area contributed by atoms with Gasteiger partial charge in [-0.15, -0.1) is 0 Å². The zero-order chi connectivity index (χ0) is 18.4. The van der Waals surface area contributed by atoms with Crippen molar-refractivity contribution in [2.24, 2.45) is 0 Å². The van der Waals surface area contributed by atoms with Gasteiger partial charge < -0.3 is 24.8 Å². The summed E-state index contributed by atoms with van der Waals surface area (Å²) in [5.41, 5.74) is 0.312. The normalized spacial score (nSPS) is 24.6. The molecule has 0 radical (unpaired) electrons. The largest absolute Gasteiger partial charge is 0.507 e. The molecule has 7 nitrogen and oxygen atoms in total. The summed E-state index contributed by atoms with van der Waals surface area (Å²) in [4.78, 5) is 23.9. The summed E-state index contributed by atoms with van der Waals surface area (Å²) in [6.07, 6.45) is 2.98. The van der Waals surface area contributed by atoms with Crippen molar-refractivity contribution in [2.45, 2.75) is 25.0 Å². The maximum absolute atomic E-state index is 12.2. The average Bonchev–Trinajstić information content (AvgIpc) is 2.59. The van der Waals surface area contributed by atoms with Crippen LogP contribution in [0.1, 0.15) is 28.8 Å². The second-order valence-electron chi connectivity index (χ2n) is 5.49. The van der Waals surface area contributed by atoms with Gasteiger partial charge in [-0.05, 0) is 30.5 Å². The molecule has 0 unspecified atom stereocenters. The van der Waals surface area contributed by atoms with Gasteiger partial charge in [-0.3, -0.25) is 4.79 Å². The molecule has 0 fully saturated rings. The summed E-state index contributed by atoms with van der Waals surface area (Å²) in [7, 11) is 1.42. The quantitative estimate of drug-likeness (QED) is 0.654. The Balaban J connectivity index is 2.40. The first-order valence-corrected chi connectivity index (χ1v) is 7.75. The summed E-state index contributed by atoms with van der Waals surface area (Å²) in [6, 6.07) is 2.83. The predicted octanol–water partition coefficient (Wildman–Crippen LogP) is 1.21. The zero-order valence-corrected chi connectivity index (χ0v) is 13.7. The molecule has 3 N–H and O–H groups in total. The van der Waals surface area contributed by atoms with Crippen LogP contribution < -0.4 is 4.74 Å². The minimum Gasteiger partial charge on any atom is -0.507 e. The van der Waals surface area contributed by atoms with Crippen LogP contribution in [0.15, 0.2) is 30.4 Å². The van der Waals surface area contributed by atoms with E-state index in [0.717, 1.165) is 6.08 Å². The van der Waals surface area contributed by atoms with E-state index in [0.29, 0.717) is 11.3 Å². The van der Waals surface area contributed by atoms with E-state index in [-0.39, 0.29) is 30.8 Å². The van der Waals surface area contributed by atoms with Gasteiger partial charge in [0.1, 0.15) is 23.2 Å². The van der Waals surface area contributed by atoms with Gasteiger partial charge in [0, 0.05) is 6.07 Å². The van der Waals surface area contributed by atoms with E-state index < -0.39 is 24.0 Å². The van der Waals surface area contributed by atoms with Gasteiger partial charge in [0.2, 0.25) is 0 Å². The highest BCUT2D eigenvalue weighted by molar-refractivity contribution is 5.97. The number of rotatable bonds is 1. The van der Waals surface area contributed by atoms with E-state index in [4.69, 9.17) is 9.47 Å². The molecular formula is C18H20O7. The molecule has 0 saturated carbocycles. The van der Waals surface area contributed by atoms with Crippen molar-refractivity contribution in [2.75, 3.05) is 13.7 Å². The van der Waals surface area contributed by atoms with Gasteiger partial charge >= 0.3 is 5.97 Å². The Kier molecular flexibility index (Phi) is 6.32. The number of ketones is 1. The number of carbonyl (C=O) groups excluding carboxylic acids is 2. The van der Waals surface area contributed by atoms with Crippen LogP contribution in [0.25, 0.3) is 6.08 Å². The van der Waals surface area contributed by atoms with E-state index in [1.165, 1.54) is 37.5 Å². The first-order valence-electron chi connectivity index (χ1n) is 7.75. The Labute approximate surface area is 144 Å². The molecular weight excluding hydrogens is 328 g/mol. The molecule has 1 aromatic carbocycles. The Morgan fingerprint density at radius 1 is 1.16 bits per heavy atom. The standard InChI is InChI=1S/C18H20O7/c1-24-12-9-11-5-4-7-14(20)17(22)13(19)6-2-3-8-25-18(23)16(11)15(21)10-12/h2,4-6,9-10,14,17,20-22H,3,7-8H2,1H3/b5-4+,6-2+/t14-,17-/m1/s1. The SMILES string of the molecule is COc1cc(O)c2c(c1)/C=C/C[C@@H](O)[C@H](O)C(=O)/C=C/CCOC2=O. The number of hydrogen-bond donors (Lipinski definition) is 3. The van der Waals surface area contributed by atoms with Crippen molar-refractivity contribution in [1.82, 2.24) is 0 Å². The van der Waals surface area contributed by atoms with Gasteiger partial charge in [-0.2, -0.15) is 0 Å². The Bertz CT molecular complexity index is 706. The number of cyclic esters (lactones) is 1. The number of aliphatic hydroxyl groups is 2. The summed E-state index contributed by atoms with van der Waals surface area (Å²) in [6.45, 7) is -0.00408. The first kappa shape index (κ1) is 18.7. The lowest BCUT2D eigenvalue weighted by molar-refractivity contribution is -0.127. The van der Waals surface area contributed by atoms with Crippen molar-refractivity contribution < 1.29 is 34.4 Å². The molecule has 1 heterocycles. The highest BCUT2D eigenvalue weighted by atomic mass is 16.5. The molecule has 0 aliphatic carbocycles. The number of fused-ring (bicyclic) bond motifs is 1. The van der Waals surface area contributed by atoms with Gasteiger partial charge in [0.15, 0.2) is 5.78 Å². The Hall–Kier alpha value is -2.64. The van der Waals surface area contributed by atoms with Crippen molar-refractivity contribution in [3.8, 4) is 11.5 Å². The van der Waals surface area contributed by atoms with Gasteiger partial charge in [0.25, 0.3) is 0 Å². The number of aliphatic hydroxyl groups excluding tert-OH is 2. The summed E-state index contributed by atoms with van der Waals surface area (Å²) >= 11 is 0. The van der Waals surface area contributed by atoms with Crippen LogP contribution in [-0.2, 0) is 9.53 Å². The molecule has 2 atom stereocenters. The van der Waals surface area contributed by atoms with Crippen LogP contribution in [-0.4, -0.2) is 53.0 Å². The fraction of sp³-hybridized carbons (Fsp3) is 0.333. The lowest BCUT2D eigenvalue weighted by atomic mass is 10.0. The van der Waals surface area contributed by atoms with Crippen molar-refractivity contribution in [3.63, 3.8) is 0 Å². The smallest absolute Gasteiger partial charge is 0.342 e. The van der Waals surface area contributed by atoms with Gasteiger partial charge in [-0.1, -0.05) is 18.2 Å². The molecule has 0 bridgehead atoms. The number of ether oxygens (including phenoxy) is 2. The van der Waals surface area contributed by atoms with Crippen LogP contribution in [0.2, 0.25) is 0 Å². The Morgan fingerprint density at radius 3 is 2.64 bits per heavy atom. The molecule has 0 amide bonds. The second kappa shape index (κ2) is 8.46. The molecule has 25 heavy (non-hydrogen) atoms. The molecule has 134 valence electrons. The van der Waals surface area contributed by atoms with E-state index in [1.807, 2.05) is 0 Å². The van der Waals surface area contributed by atoms with E-state index in [1.54, 1.807) is 0 Å². The molecule has 1 aliphatic heterocycles. The maximum Gasteiger partial charge on any atom is 0.342 e. The molecule has 7 heteroatoms. The third-order valence-corrected chi connectivity index (χ3v) is 3.69. The number of carbonyl (C=O) groups is 2. The van der Waals surface area contributed by atoms with E-state index >= 15 is 0 Å². The van der Waals surface area contributed by atoms with Gasteiger partial charge in [0.05, 0.1) is 19.8 Å². The fourth-order valence-corrected chi connectivity index (χ4v) is 2.34. The number of benzene rings is 1. The van der Waals surface area contributed by atoms with E-state index in [9.17, 15) is 24.9 Å². The first-order chi connectivity index (χ1) is 11.9. The fourth-order valence-electron chi connectivity index (χ4n) is 2.34. The number of phenols is 1. The lowest BCUT2D eigenvalue weighted by Crippen LogP contribution is -2.32. The number of esters is 1.